The molecule has 0 spiro atoms. The van der Waals surface area contributed by atoms with Gasteiger partial charge in [-0.3, -0.25) is 9.59 Å². The molecule has 0 saturated carbocycles. The van der Waals surface area contributed by atoms with Crippen molar-refractivity contribution in [1.29, 1.82) is 0 Å². The van der Waals surface area contributed by atoms with Gasteiger partial charge in [0.2, 0.25) is 0 Å². The summed E-state index contributed by atoms with van der Waals surface area (Å²) in [7, 11) is 1.31. The minimum absolute atomic E-state index is 0.143. The van der Waals surface area contributed by atoms with E-state index in [2.05, 4.69) is 24.7 Å². The molecular weight excluding hydrogens is 228 g/mol. The van der Waals surface area contributed by atoms with E-state index in [-0.39, 0.29) is 5.78 Å². The van der Waals surface area contributed by atoms with E-state index in [1.165, 1.54) is 25.2 Å². The van der Waals surface area contributed by atoms with Crippen LogP contribution < -0.4 is 0 Å². The number of ketones is 1. The van der Waals surface area contributed by atoms with Crippen LogP contribution in [0.2, 0.25) is 0 Å². The van der Waals surface area contributed by atoms with Crippen LogP contribution in [0.4, 0.5) is 0 Å². The van der Waals surface area contributed by atoms with Crippen molar-refractivity contribution in [2.24, 2.45) is 5.92 Å². The number of carbonyl (C=O) groups excluding carboxylic acids is 2. The summed E-state index contributed by atoms with van der Waals surface area (Å²) in [6.45, 7) is 7.59. The van der Waals surface area contributed by atoms with E-state index in [0.29, 0.717) is 6.42 Å². The van der Waals surface area contributed by atoms with Crippen molar-refractivity contribution in [3.8, 4) is 0 Å². The molecular formula is C15H24O3. The molecule has 0 aromatic carbocycles. The van der Waals surface area contributed by atoms with Gasteiger partial charge in [0.25, 0.3) is 0 Å². The molecule has 0 fully saturated rings. The number of rotatable bonds is 7. The fourth-order valence-corrected chi connectivity index (χ4v) is 1.58. The lowest BCUT2D eigenvalue weighted by Crippen LogP contribution is -2.22. The molecule has 102 valence electrons. The van der Waals surface area contributed by atoms with Crippen LogP contribution in [0.5, 0.6) is 0 Å². The number of ether oxygens (including phenoxy) is 1. The summed E-state index contributed by atoms with van der Waals surface area (Å²) in [6.07, 6.45) is 6.52. The average Bonchev–Trinajstić information content (AvgIpc) is 2.27. The maximum atomic E-state index is 11.4. The van der Waals surface area contributed by atoms with Crippen LogP contribution in [0.25, 0.3) is 0 Å². The highest BCUT2D eigenvalue weighted by Crippen LogP contribution is 2.13. The molecule has 18 heavy (non-hydrogen) atoms. The molecule has 0 aliphatic carbocycles. The van der Waals surface area contributed by atoms with Gasteiger partial charge in [-0.1, -0.05) is 23.3 Å². The standard InChI is InChI=1S/C15H24O3/c1-11(2)7-6-8-12(3)9-10-14(13(4)16)15(17)18-5/h7,9,14H,6,8,10H2,1-5H3/b12-9-/t14-/m1/s1. The second kappa shape index (κ2) is 8.67. The van der Waals surface area contributed by atoms with Crippen LogP contribution >= 0.6 is 0 Å². The molecule has 0 aromatic heterocycles. The number of methoxy groups -OCH3 is 1. The first-order valence-electron chi connectivity index (χ1n) is 6.25. The van der Waals surface area contributed by atoms with Crippen molar-refractivity contribution in [3.63, 3.8) is 0 Å². The number of hydrogen-bond acceptors (Lipinski definition) is 3. The van der Waals surface area contributed by atoms with Crippen LogP contribution in [0.1, 0.15) is 47.0 Å². The topological polar surface area (TPSA) is 43.4 Å². The van der Waals surface area contributed by atoms with Crippen molar-refractivity contribution in [2.45, 2.75) is 47.0 Å². The van der Waals surface area contributed by atoms with E-state index in [4.69, 9.17) is 0 Å². The number of esters is 1. The SMILES string of the molecule is COC(=O)[C@H](C/C=C(/C)CCC=C(C)C)C(C)=O. The Morgan fingerprint density at radius 3 is 2.17 bits per heavy atom. The summed E-state index contributed by atoms with van der Waals surface area (Å²) in [5, 5.41) is 0. The smallest absolute Gasteiger partial charge is 0.316 e. The predicted molar refractivity (Wildman–Crippen MR) is 73.2 cm³/mol. The maximum absolute atomic E-state index is 11.4. The van der Waals surface area contributed by atoms with Gasteiger partial charge in [0.15, 0.2) is 0 Å². The quantitative estimate of drug-likeness (QED) is 0.396. The number of allylic oxidation sites excluding steroid dienone is 4. The Balaban J connectivity index is 4.36. The van der Waals surface area contributed by atoms with E-state index < -0.39 is 11.9 Å². The zero-order chi connectivity index (χ0) is 14.1. The molecule has 3 heteroatoms. The summed E-state index contributed by atoms with van der Waals surface area (Å²) < 4.78 is 4.62. The second-order valence-corrected chi connectivity index (χ2v) is 4.79. The molecule has 0 saturated heterocycles. The molecule has 0 amide bonds. The third-order valence-electron chi connectivity index (χ3n) is 2.77. The van der Waals surface area contributed by atoms with Crippen molar-refractivity contribution in [3.05, 3.63) is 23.3 Å². The van der Waals surface area contributed by atoms with Gasteiger partial charge in [0.1, 0.15) is 11.7 Å². The Labute approximate surface area is 110 Å². The summed E-state index contributed by atoms with van der Waals surface area (Å²) in [6, 6.07) is 0. The van der Waals surface area contributed by atoms with Crippen LogP contribution in [-0.4, -0.2) is 18.9 Å². The number of carbonyl (C=O) groups is 2. The Hall–Kier alpha value is -1.38. The lowest BCUT2D eigenvalue weighted by atomic mass is 9.99. The van der Waals surface area contributed by atoms with Gasteiger partial charge < -0.3 is 4.74 Å². The molecule has 0 aliphatic rings. The predicted octanol–water partition coefficient (Wildman–Crippen LogP) is 3.45. The molecule has 0 heterocycles. The molecule has 0 unspecified atom stereocenters. The van der Waals surface area contributed by atoms with Crippen molar-refractivity contribution in [2.75, 3.05) is 7.11 Å². The highest BCUT2D eigenvalue weighted by atomic mass is 16.5. The highest BCUT2D eigenvalue weighted by Gasteiger charge is 2.22. The van der Waals surface area contributed by atoms with E-state index >= 15 is 0 Å². The largest absolute Gasteiger partial charge is 0.468 e. The number of hydrogen-bond donors (Lipinski definition) is 0. The lowest BCUT2D eigenvalue weighted by molar-refractivity contribution is -0.148. The Morgan fingerprint density at radius 1 is 1.11 bits per heavy atom. The zero-order valence-corrected chi connectivity index (χ0v) is 12.1. The first-order chi connectivity index (χ1) is 8.38. The first kappa shape index (κ1) is 16.6. The van der Waals surface area contributed by atoms with Crippen molar-refractivity contribution >= 4 is 11.8 Å². The maximum Gasteiger partial charge on any atom is 0.316 e. The molecule has 1 atom stereocenters. The third-order valence-corrected chi connectivity index (χ3v) is 2.77. The molecule has 0 N–H and O–H groups in total. The fraction of sp³-hybridized carbons (Fsp3) is 0.600. The fourth-order valence-electron chi connectivity index (χ4n) is 1.58. The molecule has 3 nitrogen and oxygen atoms in total. The van der Waals surface area contributed by atoms with E-state index in [1.54, 1.807) is 0 Å². The van der Waals surface area contributed by atoms with Crippen LogP contribution in [0.15, 0.2) is 23.3 Å². The Kier molecular flexibility index (Phi) is 8.01. The van der Waals surface area contributed by atoms with Gasteiger partial charge in [0.05, 0.1) is 7.11 Å². The molecule has 0 aromatic rings. The minimum atomic E-state index is -0.659. The summed E-state index contributed by atoms with van der Waals surface area (Å²) >= 11 is 0. The van der Waals surface area contributed by atoms with Gasteiger partial charge in [-0.05, 0) is 47.0 Å². The van der Waals surface area contributed by atoms with Crippen LogP contribution in [0.3, 0.4) is 0 Å². The molecule has 0 rings (SSSR count). The van der Waals surface area contributed by atoms with Gasteiger partial charge in [-0.15, -0.1) is 0 Å². The van der Waals surface area contributed by atoms with Crippen LogP contribution in [-0.2, 0) is 14.3 Å². The summed E-state index contributed by atoms with van der Waals surface area (Å²) in [4.78, 5) is 22.7. The van der Waals surface area contributed by atoms with Crippen LogP contribution in [0, 0.1) is 5.92 Å². The zero-order valence-electron chi connectivity index (χ0n) is 12.1. The third kappa shape index (κ3) is 7.05. The lowest BCUT2D eigenvalue weighted by Gasteiger charge is -2.09. The minimum Gasteiger partial charge on any atom is -0.468 e. The first-order valence-corrected chi connectivity index (χ1v) is 6.25. The highest BCUT2D eigenvalue weighted by molar-refractivity contribution is 5.97. The summed E-state index contributed by atoms with van der Waals surface area (Å²) in [5.74, 6) is -1.25. The second-order valence-electron chi connectivity index (χ2n) is 4.79. The van der Waals surface area contributed by atoms with Gasteiger partial charge >= 0.3 is 5.97 Å². The molecule has 0 bridgehead atoms. The van der Waals surface area contributed by atoms with Gasteiger partial charge in [0, 0.05) is 0 Å². The Morgan fingerprint density at radius 2 is 1.72 bits per heavy atom. The van der Waals surface area contributed by atoms with Crippen molar-refractivity contribution in [1.82, 2.24) is 0 Å². The normalized spacial score (nSPS) is 12.8. The van der Waals surface area contributed by atoms with Crippen molar-refractivity contribution < 1.29 is 14.3 Å². The van der Waals surface area contributed by atoms with Gasteiger partial charge in [-0.25, -0.2) is 0 Å². The van der Waals surface area contributed by atoms with E-state index in [1.807, 2.05) is 13.0 Å². The summed E-state index contributed by atoms with van der Waals surface area (Å²) in [5.41, 5.74) is 2.50. The average molecular weight is 252 g/mol. The van der Waals surface area contributed by atoms with Gasteiger partial charge in [-0.2, -0.15) is 0 Å². The Bertz CT molecular complexity index is 347. The molecule has 0 radical (unpaired) electrons. The number of Topliss-reactive ketones (excluding diaryl/α,β-unsaturated/α-hetero) is 1. The monoisotopic (exact) mass is 252 g/mol. The molecule has 0 aliphatic heterocycles. The van der Waals surface area contributed by atoms with E-state index in [0.717, 1.165) is 12.8 Å². The van der Waals surface area contributed by atoms with E-state index in [9.17, 15) is 9.59 Å².